The van der Waals surface area contributed by atoms with Crippen LogP contribution in [0.5, 0.6) is 0 Å². The molecule has 0 aliphatic carbocycles. The fourth-order valence-corrected chi connectivity index (χ4v) is 2.51. The molecule has 0 saturated heterocycles. The van der Waals surface area contributed by atoms with E-state index in [1.165, 1.54) is 0 Å². The SMILES string of the molecule is CCCCN(C)C(=O)COC(=O)CSCC(=O)Nc1ccc(Cl)cc1. The number of nitrogens with one attached hydrogen (secondary N) is 1. The lowest BCUT2D eigenvalue weighted by Crippen LogP contribution is -2.32. The highest BCUT2D eigenvalue weighted by molar-refractivity contribution is 8.00. The predicted molar refractivity (Wildman–Crippen MR) is 101 cm³/mol. The number of nitrogens with zero attached hydrogens (tertiary/aromatic N) is 1. The van der Waals surface area contributed by atoms with E-state index in [4.69, 9.17) is 16.3 Å². The molecule has 1 aromatic rings. The van der Waals surface area contributed by atoms with Crippen LogP contribution in [0.2, 0.25) is 5.02 Å². The Kier molecular flexibility index (Phi) is 10.0. The van der Waals surface area contributed by atoms with Crippen molar-refractivity contribution >= 4 is 46.8 Å². The average Bonchev–Trinajstić information content (AvgIpc) is 2.59. The quantitative estimate of drug-likeness (QED) is 0.626. The van der Waals surface area contributed by atoms with Crippen molar-refractivity contribution < 1.29 is 19.1 Å². The highest BCUT2D eigenvalue weighted by atomic mass is 35.5. The zero-order chi connectivity index (χ0) is 18.7. The zero-order valence-electron chi connectivity index (χ0n) is 14.4. The maximum absolute atomic E-state index is 11.8. The average molecular weight is 387 g/mol. The van der Waals surface area contributed by atoms with E-state index in [9.17, 15) is 14.4 Å². The number of hydrogen-bond donors (Lipinski definition) is 1. The lowest BCUT2D eigenvalue weighted by molar-refractivity contribution is -0.149. The summed E-state index contributed by atoms with van der Waals surface area (Å²) in [6.45, 7) is 2.42. The lowest BCUT2D eigenvalue weighted by Gasteiger charge is -2.16. The molecule has 0 radical (unpaired) electrons. The molecule has 0 saturated carbocycles. The smallest absolute Gasteiger partial charge is 0.316 e. The Morgan fingerprint density at radius 2 is 1.88 bits per heavy atom. The van der Waals surface area contributed by atoms with Crippen LogP contribution in [0.25, 0.3) is 0 Å². The van der Waals surface area contributed by atoms with Gasteiger partial charge < -0.3 is 15.0 Å². The minimum atomic E-state index is -0.512. The van der Waals surface area contributed by atoms with E-state index in [1.807, 2.05) is 6.92 Å². The van der Waals surface area contributed by atoms with E-state index in [1.54, 1.807) is 36.2 Å². The standard InChI is InChI=1S/C17H23ClN2O4S/c1-3-4-9-20(2)16(22)10-24-17(23)12-25-11-15(21)19-14-7-5-13(18)6-8-14/h5-8H,3-4,9-12H2,1-2H3,(H,19,21). The molecule has 0 unspecified atom stereocenters. The van der Waals surface area contributed by atoms with Crippen molar-refractivity contribution in [1.29, 1.82) is 0 Å². The number of halogens is 1. The van der Waals surface area contributed by atoms with Crippen LogP contribution in [-0.4, -0.2) is 54.4 Å². The van der Waals surface area contributed by atoms with Crippen LogP contribution in [0, 0.1) is 0 Å². The number of hydrogen-bond acceptors (Lipinski definition) is 5. The molecule has 0 aromatic heterocycles. The molecular formula is C17H23ClN2O4S. The molecule has 1 aromatic carbocycles. The van der Waals surface area contributed by atoms with Gasteiger partial charge in [-0.25, -0.2) is 0 Å². The summed E-state index contributed by atoms with van der Waals surface area (Å²) in [7, 11) is 1.68. The van der Waals surface area contributed by atoms with Crippen LogP contribution < -0.4 is 5.32 Å². The Labute approximate surface area is 157 Å². The Morgan fingerprint density at radius 1 is 1.20 bits per heavy atom. The van der Waals surface area contributed by atoms with Crippen LogP contribution in [0.1, 0.15) is 19.8 Å². The van der Waals surface area contributed by atoms with Gasteiger partial charge in [-0.15, -0.1) is 11.8 Å². The van der Waals surface area contributed by atoms with Crippen molar-refractivity contribution in [1.82, 2.24) is 4.90 Å². The number of thioether (sulfide) groups is 1. The molecule has 25 heavy (non-hydrogen) atoms. The fourth-order valence-electron chi connectivity index (χ4n) is 1.77. The number of benzene rings is 1. The number of carbonyl (C=O) groups excluding carboxylic acids is 3. The van der Waals surface area contributed by atoms with Gasteiger partial charge in [0.15, 0.2) is 6.61 Å². The third-order valence-electron chi connectivity index (χ3n) is 3.21. The minimum absolute atomic E-state index is 0.0139. The third kappa shape index (κ3) is 9.36. The van der Waals surface area contributed by atoms with Gasteiger partial charge in [0.05, 0.1) is 11.5 Å². The number of anilines is 1. The van der Waals surface area contributed by atoms with E-state index in [-0.39, 0.29) is 29.9 Å². The molecule has 2 amide bonds. The van der Waals surface area contributed by atoms with Gasteiger partial charge in [-0.05, 0) is 30.7 Å². The third-order valence-corrected chi connectivity index (χ3v) is 4.37. The second-order valence-corrected chi connectivity index (χ2v) is 6.80. The molecule has 0 aliphatic rings. The zero-order valence-corrected chi connectivity index (χ0v) is 16.0. The summed E-state index contributed by atoms with van der Waals surface area (Å²) in [6.07, 6.45) is 1.90. The van der Waals surface area contributed by atoms with Gasteiger partial charge in [0.2, 0.25) is 5.91 Å². The van der Waals surface area contributed by atoms with Crippen molar-refractivity contribution in [2.45, 2.75) is 19.8 Å². The first-order chi connectivity index (χ1) is 11.9. The first-order valence-corrected chi connectivity index (χ1v) is 9.48. The van der Waals surface area contributed by atoms with Crippen LogP contribution in [0.4, 0.5) is 5.69 Å². The first kappa shape index (κ1) is 21.3. The van der Waals surface area contributed by atoms with Crippen LogP contribution in [0.3, 0.4) is 0 Å². The highest BCUT2D eigenvalue weighted by Crippen LogP contribution is 2.13. The van der Waals surface area contributed by atoms with Gasteiger partial charge in [0, 0.05) is 24.3 Å². The Bertz CT molecular complexity index is 581. The number of likely N-dealkylation sites (N-methyl/N-ethyl adjacent to an activating group) is 1. The Morgan fingerprint density at radius 3 is 2.52 bits per heavy atom. The molecule has 0 aliphatic heterocycles. The van der Waals surface area contributed by atoms with Gasteiger partial charge in [-0.1, -0.05) is 24.9 Å². The maximum atomic E-state index is 11.8. The van der Waals surface area contributed by atoms with Gasteiger partial charge >= 0.3 is 5.97 Å². The first-order valence-electron chi connectivity index (χ1n) is 7.95. The number of rotatable bonds is 10. The molecule has 1 rings (SSSR count). The van der Waals surface area contributed by atoms with E-state index in [2.05, 4.69) is 5.32 Å². The molecule has 0 heterocycles. The van der Waals surface area contributed by atoms with Gasteiger partial charge in [-0.2, -0.15) is 0 Å². The van der Waals surface area contributed by atoms with E-state index < -0.39 is 5.97 Å². The van der Waals surface area contributed by atoms with Crippen molar-refractivity contribution in [3.05, 3.63) is 29.3 Å². The summed E-state index contributed by atoms with van der Waals surface area (Å²) < 4.78 is 4.92. The number of amides is 2. The molecule has 0 atom stereocenters. The summed E-state index contributed by atoms with van der Waals surface area (Å²) in [5, 5.41) is 3.28. The molecule has 1 N–H and O–H groups in total. The van der Waals surface area contributed by atoms with E-state index in [0.29, 0.717) is 17.3 Å². The van der Waals surface area contributed by atoms with Crippen LogP contribution in [-0.2, 0) is 19.1 Å². The molecule has 0 spiro atoms. The second kappa shape index (κ2) is 11.8. The summed E-state index contributed by atoms with van der Waals surface area (Å²) >= 11 is 6.90. The highest BCUT2D eigenvalue weighted by Gasteiger charge is 2.12. The topological polar surface area (TPSA) is 75.7 Å². The van der Waals surface area contributed by atoms with Crippen LogP contribution in [0.15, 0.2) is 24.3 Å². The molecule has 138 valence electrons. The van der Waals surface area contributed by atoms with Gasteiger partial charge in [-0.3, -0.25) is 14.4 Å². The summed E-state index contributed by atoms with van der Waals surface area (Å²) in [5.41, 5.74) is 0.637. The van der Waals surface area contributed by atoms with E-state index >= 15 is 0 Å². The number of esters is 1. The normalized spacial score (nSPS) is 10.2. The van der Waals surface area contributed by atoms with Crippen molar-refractivity contribution in [3.8, 4) is 0 Å². The number of ether oxygens (including phenoxy) is 1. The van der Waals surface area contributed by atoms with Crippen molar-refractivity contribution in [3.63, 3.8) is 0 Å². The second-order valence-electron chi connectivity index (χ2n) is 5.38. The predicted octanol–water partition coefficient (Wildman–Crippen LogP) is 2.81. The minimum Gasteiger partial charge on any atom is -0.455 e. The summed E-state index contributed by atoms with van der Waals surface area (Å²) in [6, 6.07) is 6.74. The van der Waals surface area contributed by atoms with Crippen molar-refractivity contribution in [2.75, 3.05) is 37.0 Å². The molecule has 0 bridgehead atoms. The monoisotopic (exact) mass is 386 g/mol. The fraction of sp³-hybridized carbons (Fsp3) is 0.471. The number of unbranched alkanes of at least 4 members (excludes halogenated alkanes) is 1. The summed E-state index contributed by atoms with van der Waals surface area (Å²) in [5.74, 6) is -0.841. The van der Waals surface area contributed by atoms with Gasteiger partial charge in [0.1, 0.15) is 0 Å². The molecule has 6 nitrogen and oxygen atoms in total. The molecule has 8 heteroatoms. The Hall–Kier alpha value is -1.73. The molecule has 0 fully saturated rings. The largest absolute Gasteiger partial charge is 0.455 e. The van der Waals surface area contributed by atoms with Gasteiger partial charge in [0.25, 0.3) is 5.91 Å². The molecular weight excluding hydrogens is 364 g/mol. The maximum Gasteiger partial charge on any atom is 0.316 e. The van der Waals surface area contributed by atoms with Crippen LogP contribution >= 0.6 is 23.4 Å². The number of carbonyl (C=O) groups is 3. The lowest BCUT2D eigenvalue weighted by atomic mass is 10.3. The Balaban J connectivity index is 2.18. The summed E-state index contributed by atoms with van der Waals surface area (Å²) in [4.78, 5) is 36.6. The van der Waals surface area contributed by atoms with Crippen molar-refractivity contribution in [2.24, 2.45) is 0 Å². The van der Waals surface area contributed by atoms with E-state index in [0.717, 1.165) is 24.6 Å².